The highest BCUT2D eigenvalue weighted by atomic mass is 16.3. The first-order valence-corrected chi connectivity index (χ1v) is 7.98. The van der Waals surface area contributed by atoms with Gasteiger partial charge in [-0.2, -0.15) is 15.8 Å². The first kappa shape index (κ1) is 14.8. The third kappa shape index (κ3) is 1.36. The van der Waals surface area contributed by atoms with Crippen LogP contribution in [0.15, 0.2) is 22.8 Å². The Morgan fingerprint density at radius 2 is 2.00 bits per heavy atom. The lowest BCUT2D eigenvalue weighted by Crippen LogP contribution is -2.68. The summed E-state index contributed by atoms with van der Waals surface area (Å²) in [7, 11) is 0. The predicted octanol–water partition coefficient (Wildman–Crippen LogP) is 1.48. The van der Waals surface area contributed by atoms with E-state index in [4.69, 9.17) is 4.42 Å². The lowest BCUT2D eigenvalue weighted by Gasteiger charge is -2.53. The van der Waals surface area contributed by atoms with Crippen LogP contribution in [-0.2, 0) is 4.79 Å². The highest BCUT2D eigenvalue weighted by molar-refractivity contribution is 5.92. The van der Waals surface area contributed by atoms with Crippen molar-refractivity contribution >= 4 is 5.91 Å². The second-order valence-corrected chi connectivity index (χ2v) is 6.77. The number of furan rings is 1. The molecular formula is C17H15N5O2. The molecular weight excluding hydrogens is 306 g/mol. The van der Waals surface area contributed by atoms with Gasteiger partial charge in [0.1, 0.15) is 11.8 Å². The molecule has 1 aromatic rings. The van der Waals surface area contributed by atoms with Gasteiger partial charge in [-0.15, -0.1) is 0 Å². The highest BCUT2D eigenvalue weighted by Crippen LogP contribution is 2.64. The van der Waals surface area contributed by atoms with E-state index in [1.807, 2.05) is 12.1 Å². The highest BCUT2D eigenvalue weighted by Gasteiger charge is 2.79. The molecule has 2 bridgehead atoms. The number of amides is 1. The van der Waals surface area contributed by atoms with Gasteiger partial charge < -0.3 is 9.73 Å². The maximum Gasteiger partial charge on any atom is 0.245 e. The van der Waals surface area contributed by atoms with E-state index in [1.54, 1.807) is 12.1 Å². The Balaban J connectivity index is 2.02. The molecule has 0 radical (unpaired) electrons. The van der Waals surface area contributed by atoms with Crippen molar-refractivity contribution in [3.05, 3.63) is 24.2 Å². The van der Waals surface area contributed by atoms with Crippen LogP contribution in [0.4, 0.5) is 0 Å². The fourth-order valence-electron chi connectivity index (χ4n) is 4.91. The Bertz CT molecular complexity index is 813. The van der Waals surface area contributed by atoms with Gasteiger partial charge in [0, 0.05) is 5.92 Å². The smallest absolute Gasteiger partial charge is 0.245 e. The minimum atomic E-state index is -1.86. The first-order valence-electron chi connectivity index (χ1n) is 7.98. The maximum atomic E-state index is 12.9. The zero-order valence-corrected chi connectivity index (χ0v) is 12.9. The molecule has 1 saturated carbocycles. The average Bonchev–Trinajstić information content (AvgIpc) is 3.19. The Morgan fingerprint density at radius 1 is 1.21 bits per heavy atom. The summed E-state index contributed by atoms with van der Waals surface area (Å²) in [4.78, 5) is 12.9. The van der Waals surface area contributed by atoms with Crippen molar-refractivity contribution in [1.82, 2.24) is 10.6 Å². The number of carbonyl (C=O) groups excluding carboxylic acids is 1. The number of nitrogens with one attached hydrogen (secondary N) is 2. The fourth-order valence-corrected chi connectivity index (χ4v) is 4.91. The van der Waals surface area contributed by atoms with E-state index in [0.29, 0.717) is 18.6 Å². The summed E-state index contributed by atoms with van der Waals surface area (Å²) in [6.45, 7) is 0. The topological polar surface area (TPSA) is 126 Å². The SMILES string of the molecule is N#CC1(C#N)[C@H](c2ccco2)N[C@@]23CCCC[C@H]2[C@@]1(C#N)C(=O)N3. The zero-order valence-electron chi connectivity index (χ0n) is 12.9. The third-order valence-electron chi connectivity index (χ3n) is 5.94. The molecule has 0 aromatic carbocycles. The minimum absolute atomic E-state index is 0.387. The van der Waals surface area contributed by atoms with Gasteiger partial charge in [-0.05, 0) is 31.4 Å². The average molecular weight is 321 g/mol. The first-order chi connectivity index (χ1) is 11.6. The molecule has 0 spiro atoms. The van der Waals surface area contributed by atoms with Crippen LogP contribution in [0.3, 0.4) is 0 Å². The summed E-state index contributed by atoms with van der Waals surface area (Å²) in [5.41, 5.74) is -4.33. The quantitative estimate of drug-likeness (QED) is 0.807. The van der Waals surface area contributed by atoms with Gasteiger partial charge in [0.15, 0.2) is 10.8 Å². The summed E-state index contributed by atoms with van der Waals surface area (Å²) >= 11 is 0. The predicted molar refractivity (Wildman–Crippen MR) is 79.1 cm³/mol. The molecule has 1 aromatic heterocycles. The maximum absolute atomic E-state index is 12.9. The number of carbonyl (C=O) groups is 1. The van der Waals surface area contributed by atoms with Gasteiger partial charge in [0.2, 0.25) is 5.91 Å². The van der Waals surface area contributed by atoms with Crippen LogP contribution >= 0.6 is 0 Å². The number of hydrogen-bond acceptors (Lipinski definition) is 6. The van der Waals surface area contributed by atoms with E-state index < -0.39 is 34.4 Å². The molecule has 3 fully saturated rings. The van der Waals surface area contributed by atoms with Gasteiger partial charge >= 0.3 is 0 Å². The van der Waals surface area contributed by atoms with Crippen molar-refractivity contribution in [3.8, 4) is 18.2 Å². The van der Waals surface area contributed by atoms with Gasteiger partial charge in [0.25, 0.3) is 0 Å². The van der Waals surface area contributed by atoms with Gasteiger partial charge in [-0.1, -0.05) is 6.42 Å². The molecule has 120 valence electrons. The lowest BCUT2D eigenvalue weighted by atomic mass is 9.50. The second kappa shape index (κ2) is 4.60. The second-order valence-electron chi connectivity index (χ2n) is 6.77. The Labute approximate surface area is 138 Å². The molecule has 24 heavy (non-hydrogen) atoms. The Morgan fingerprint density at radius 3 is 2.62 bits per heavy atom. The summed E-state index contributed by atoms with van der Waals surface area (Å²) in [5.74, 6) is -0.555. The van der Waals surface area contributed by atoms with Crippen molar-refractivity contribution in [1.29, 1.82) is 15.8 Å². The van der Waals surface area contributed by atoms with Crippen LogP contribution < -0.4 is 10.6 Å². The molecule has 3 aliphatic rings. The molecule has 7 nitrogen and oxygen atoms in total. The molecule has 1 amide bonds. The molecule has 4 rings (SSSR count). The van der Waals surface area contributed by atoms with Crippen LogP contribution in [0.25, 0.3) is 0 Å². The third-order valence-corrected chi connectivity index (χ3v) is 5.94. The van der Waals surface area contributed by atoms with Crippen molar-refractivity contribution in [2.45, 2.75) is 37.4 Å². The van der Waals surface area contributed by atoms with Crippen molar-refractivity contribution < 1.29 is 9.21 Å². The molecule has 0 unspecified atom stereocenters. The van der Waals surface area contributed by atoms with Crippen LogP contribution in [0, 0.1) is 50.7 Å². The van der Waals surface area contributed by atoms with E-state index in [9.17, 15) is 20.6 Å². The molecule has 2 aliphatic heterocycles. The van der Waals surface area contributed by atoms with Crippen LogP contribution in [0.5, 0.6) is 0 Å². The molecule has 1 aliphatic carbocycles. The van der Waals surface area contributed by atoms with Crippen molar-refractivity contribution in [3.63, 3.8) is 0 Å². The van der Waals surface area contributed by atoms with Gasteiger partial charge in [-0.3, -0.25) is 10.1 Å². The number of nitrogens with zero attached hydrogens (tertiary/aromatic N) is 3. The van der Waals surface area contributed by atoms with E-state index >= 15 is 0 Å². The zero-order chi connectivity index (χ0) is 17.0. The minimum Gasteiger partial charge on any atom is -0.468 e. The van der Waals surface area contributed by atoms with Crippen molar-refractivity contribution in [2.24, 2.45) is 16.7 Å². The number of hydrogen-bond donors (Lipinski definition) is 2. The lowest BCUT2D eigenvalue weighted by molar-refractivity contribution is -0.130. The number of rotatable bonds is 1. The summed E-state index contributed by atoms with van der Waals surface area (Å²) in [5, 5.41) is 36.2. The van der Waals surface area contributed by atoms with Crippen LogP contribution in [0.1, 0.15) is 37.5 Å². The number of piperidine rings is 1. The summed E-state index contributed by atoms with van der Waals surface area (Å²) < 4.78 is 5.44. The monoisotopic (exact) mass is 321 g/mol. The molecule has 2 N–H and O–H groups in total. The molecule has 2 saturated heterocycles. The van der Waals surface area contributed by atoms with Crippen LogP contribution in [-0.4, -0.2) is 11.6 Å². The van der Waals surface area contributed by atoms with Gasteiger partial charge in [-0.25, -0.2) is 0 Å². The fraction of sp³-hybridized carbons (Fsp3) is 0.529. The largest absolute Gasteiger partial charge is 0.468 e. The normalized spacial score (nSPS) is 39.0. The van der Waals surface area contributed by atoms with E-state index in [1.165, 1.54) is 6.26 Å². The summed E-state index contributed by atoms with van der Waals surface area (Å²) in [6.07, 6.45) is 4.51. The van der Waals surface area contributed by atoms with Crippen LogP contribution in [0.2, 0.25) is 0 Å². The molecule has 3 heterocycles. The van der Waals surface area contributed by atoms with Gasteiger partial charge in [0.05, 0.1) is 30.1 Å². The molecule has 7 heteroatoms. The molecule has 4 atom stereocenters. The Hall–Kier alpha value is -2.82. The van der Waals surface area contributed by atoms with E-state index in [-0.39, 0.29) is 0 Å². The summed E-state index contributed by atoms with van der Waals surface area (Å²) in [6, 6.07) is 8.61. The van der Waals surface area contributed by atoms with E-state index in [0.717, 1.165) is 12.8 Å². The number of nitriles is 3. The standard InChI is InChI=1S/C17H15N5O2/c18-8-15(9-19)13(11-4-3-7-24-11)21-17-6-2-1-5-12(17)16(15,10-20)14(23)22-17/h3-4,7,12-13,21H,1-2,5-6H2,(H,22,23)/t12-,13-,16-,17+/m0/s1. The Kier molecular flexibility index (Phi) is 2.83. The van der Waals surface area contributed by atoms with Crippen molar-refractivity contribution in [2.75, 3.05) is 0 Å². The van der Waals surface area contributed by atoms with E-state index in [2.05, 4.69) is 16.7 Å².